The second-order valence-electron chi connectivity index (χ2n) is 3.89. The van der Waals surface area contributed by atoms with E-state index in [4.69, 9.17) is 5.73 Å². The van der Waals surface area contributed by atoms with Gasteiger partial charge in [-0.05, 0) is 46.3 Å². The van der Waals surface area contributed by atoms with E-state index in [1.165, 1.54) is 12.1 Å². The summed E-state index contributed by atoms with van der Waals surface area (Å²) in [5.74, 6) is -0.976. The number of amides is 1. The number of hydrogen-bond donors (Lipinski definition) is 2. The van der Waals surface area contributed by atoms with Crippen LogP contribution in [-0.2, 0) is 4.79 Å². The van der Waals surface area contributed by atoms with Crippen molar-refractivity contribution in [3.63, 3.8) is 0 Å². The van der Waals surface area contributed by atoms with E-state index in [0.717, 1.165) is 4.47 Å². The summed E-state index contributed by atoms with van der Waals surface area (Å²) in [4.78, 5) is 15.6. The Labute approximate surface area is 118 Å². The van der Waals surface area contributed by atoms with E-state index >= 15 is 0 Å². The van der Waals surface area contributed by atoms with Gasteiger partial charge in [-0.25, -0.2) is 4.39 Å². The van der Waals surface area contributed by atoms with Gasteiger partial charge < -0.3 is 11.1 Å². The SMILES string of the molecule is NC(=O)C(Nc1cccc(F)c1)c1ccc(Br)cn1. The molecule has 0 saturated heterocycles. The quantitative estimate of drug-likeness (QED) is 0.908. The third kappa shape index (κ3) is 3.51. The maximum Gasteiger partial charge on any atom is 0.246 e. The number of hydrogen-bond acceptors (Lipinski definition) is 3. The lowest BCUT2D eigenvalue weighted by Crippen LogP contribution is -2.28. The first kappa shape index (κ1) is 13.5. The molecule has 1 unspecified atom stereocenters. The molecule has 1 aromatic heterocycles. The van der Waals surface area contributed by atoms with Crippen LogP contribution >= 0.6 is 15.9 Å². The van der Waals surface area contributed by atoms with Gasteiger partial charge in [0.15, 0.2) is 0 Å². The van der Waals surface area contributed by atoms with Gasteiger partial charge >= 0.3 is 0 Å². The fourth-order valence-corrected chi connectivity index (χ4v) is 1.83. The molecule has 2 rings (SSSR count). The van der Waals surface area contributed by atoms with Gasteiger partial charge in [0.2, 0.25) is 5.91 Å². The standard InChI is InChI=1S/C13H11BrFN3O/c14-8-4-5-11(17-7-8)12(13(16)19)18-10-3-1-2-9(15)6-10/h1-7,12,18H,(H2,16,19). The lowest BCUT2D eigenvalue weighted by atomic mass is 10.1. The number of pyridine rings is 1. The number of carbonyl (C=O) groups is 1. The minimum atomic E-state index is -0.810. The molecule has 6 heteroatoms. The van der Waals surface area contributed by atoms with Crippen molar-refractivity contribution in [1.82, 2.24) is 4.98 Å². The van der Waals surface area contributed by atoms with Crippen LogP contribution in [0, 0.1) is 5.82 Å². The third-order valence-corrected chi connectivity index (χ3v) is 2.94. The molecule has 1 aromatic carbocycles. The lowest BCUT2D eigenvalue weighted by Gasteiger charge is -2.16. The summed E-state index contributed by atoms with van der Waals surface area (Å²) in [5, 5.41) is 2.86. The monoisotopic (exact) mass is 323 g/mol. The van der Waals surface area contributed by atoms with Crippen LogP contribution < -0.4 is 11.1 Å². The maximum atomic E-state index is 13.1. The predicted molar refractivity (Wildman–Crippen MR) is 73.9 cm³/mol. The Bertz CT molecular complexity index is 589. The Morgan fingerprint density at radius 3 is 2.74 bits per heavy atom. The van der Waals surface area contributed by atoms with Crippen molar-refractivity contribution < 1.29 is 9.18 Å². The minimum absolute atomic E-state index is 0.392. The predicted octanol–water partition coefficient (Wildman–Crippen LogP) is 2.62. The fraction of sp³-hybridized carbons (Fsp3) is 0.0769. The second kappa shape index (κ2) is 5.79. The largest absolute Gasteiger partial charge is 0.369 e. The van der Waals surface area contributed by atoms with E-state index in [1.54, 1.807) is 30.5 Å². The molecule has 4 nitrogen and oxygen atoms in total. The molecule has 0 aliphatic carbocycles. The van der Waals surface area contributed by atoms with Crippen LogP contribution in [0.5, 0.6) is 0 Å². The van der Waals surface area contributed by atoms with E-state index in [9.17, 15) is 9.18 Å². The van der Waals surface area contributed by atoms with E-state index in [2.05, 4.69) is 26.2 Å². The Kier molecular flexibility index (Phi) is 4.11. The minimum Gasteiger partial charge on any atom is -0.369 e. The number of aromatic nitrogens is 1. The fourth-order valence-electron chi connectivity index (χ4n) is 1.59. The molecule has 98 valence electrons. The molecular weight excluding hydrogens is 313 g/mol. The number of nitrogens with zero attached hydrogens (tertiary/aromatic N) is 1. The van der Waals surface area contributed by atoms with Gasteiger partial charge in [-0.15, -0.1) is 0 Å². The van der Waals surface area contributed by atoms with E-state index in [0.29, 0.717) is 11.4 Å². The van der Waals surface area contributed by atoms with Crippen molar-refractivity contribution in [2.75, 3.05) is 5.32 Å². The van der Waals surface area contributed by atoms with Crippen LogP contribution in [0.15, 0.2) is 47.1 Å². The first-order valence-corrected chi connectivity index (χ1v) is 6.28. The third-order valence-electron chi connectivity index (χ3n) is 2.47. The van der Waals surface area contributed by atoms with Gasteiger partial charge in [-0.3, -0.25) is 9.78 Å². The van der Waals surface area contributed by atoms with Crippen LogP contribution in [0.4, 0.5) is 10.1 Å². The second-order valence-corrected chi connectivity index (χ2v) is 4.81. The molecule has 0 radical (unpaired) electrons. The lowest BCUT2D eigenvalue weighted by molar-refractivity contribution is -0.118. The first-order valence-electron chi connectivity index (χ1n) is 5.49. The molecule has 0 aliphatic heterocycles. The summed E-state index contributed by atoms with van der Waals surface area (Å²) in [6, 6.07) is 8.42. The number of rotatable bonds is 4. The van der Waals surface area contributed by atoms with Gasteiger partial charge in [0.1, 0.15) is 11.9 Å². The van der Waals surface area contributed by atoms with Crippen molar-refractivity contribution in [3.05, 3.63) is 58.6 Å². The summed E-state index contributed by atoms with van der Waals surface area (Å²) < 4.78 is 13.9. The van der Waals surface area contributed by atoms with Gasteiger partial charge in [-0.1, -0.05) is 6.07 Å². The van der Waals surface area contributed by atoms with Crippen LogP contribution in [0.25, 0.3) is 0 Å². The van der Waals surface area contributed by atoms with Crippen molar-refractivity contribution in [2.24, 2.45) is 5.73 Å². The molecule has 19 heavy (non-hydrogen) atoms. The van der Waals surface area contributed by atoms with E-state index in [1.807, 2.05) is 0 Å². The number of halogens is 2. The molecule has 0 fully saturated rings. The summed E-state index contributed by atoms with van der Waals surface area (Å²) in [6.45, 7) is 0. The molecule has 0 bridgehead atoms. The first-order chi connectivity index (χ1) is 9.06. The number of nitrogens with two attached hydrogens (primary N) is 1. The maximum absolute atomic E-state index is 13.1. The average Bonchev–Trinajstić information content (AvgIpc) is 2.37. The number of nitrogens with one attached hydrogen (secondary N) is 1. The molecule has 1 atom stereocenters. The molecule has 2 aromatic rings. The highest BCUT2D eigenvalue weighted by molar-refractivity contribution is 9.10. The average molecular weight is 324 g/mol. The Morgan fingerprint density at radius 2 is 2.16 bits per heavy atom. The molecular formula is C13H11BrFN3O. The van der Waals surface area contributed by atoms with E-state index < -0.39 is 17.8 Å². The van der Waals surface area contributed by atoms with E-state index in [-0.39, 0.29) is 0 Å². The zero-order valence-corrected chi connectivity index (χ0v) is 11.4. The van der Waals surface area contributed by atoms with Crippen LogP contribution in [0.3, 0.4) is 0 Å². The molecule has 0 spiro atoms. The zero-order chi connectivity index (χ0) is 13.8. The van der Waals surface area contributed by atoms with Crippen LogP contribution in [0.2, 0.25) is 0 Å². The molecule has 0 saturated carbocycles. The highest BCUT2D eigenvalue weighted by atomic mass is 79.9. The van der Waals surface area contributed by atoms with Crippen LogP contribution in [-0.4, -0.2) is 10.9 Å². The highest BCUT2D eigenvalue weighted by Crippen LogP contribution is 2.19. The summed E-state index contributed by atoms with van der Waals surface area (Å²) in [6.07, 6.45) is 1.57. The number of carbonyl (C=O) groups excluding carboxylic acids is 1. The Hall–Kier alpha value is -1.95. The Balaban J connectivity index is 2.26. The molecule has 3 N–H and O–H groups in total. The van der Waals surface area contributed by atoms with Gasteiger partial charge in [0, 0.05) is 16.4 Å². The smallest absolute Gasteiger partial charge is 0.246 e. The molecule has 0 aliphatic rings. The van der Waals surface area contributed by atoms with Crippen molar-refractivity contribution >= 4 is 27.5 Å². The number of anilines is 1. The summed E-state index contributed by atoms with van der Waals surface area (Å²) >= 11 is 3.26. The number of primary amides is 1. The molecule has 1 heterocycles. The van der Waals surface area contributed by atoms with Gasteiger partial charge in [-0.2, -0.15) is 0 Å². The highest BCUT2D eigenvalue weighted by Gasteiger charge is 2.19. The van der Waals surface area contributed by atoms with Crippen molar-refractivity contribution in [3.8, 4) is 0 Å². The summed E-state index contributed by atoms with van der Waals surface area (Å²) in [7, 11) is 0. The van der Waals surface area contributed by atoms with Gasteiger partial charge in [0.25, 0.3) is 0 Å². The molecule has 1 amide bonds. The van der Waals surface area contributed by atoms with Crippen molar-refractivity contribution in [1.29, 1.82) is 0 Å². The normalized spacial score (nSPS) is 11.9. The van der Waals surface area contributed by atoms with Crippen molar-refractivity contribution in [2.45, 2.75) is 6.04 Å². The number of benzene rings is 1. The summed E-state index contributed by atoms with van der Waals surface area (Å²) in [5.41, 5.74) is 6.28. The topological polar surface area (TPSA) is 68.0 Å². The zero-order valence-electron chi connectivity index (χ0n) is 9.81. The van der Waals surface area contributed by atoms with Crippen LogP contribution in [0.1, 0.15) is 11.7 Å². The van der Waals surface area contributed by atoms with Gasteiger partial charge in [0.05, 0.1) is 5.69 Å². The Morgan fingerprint density at radius 1 is 1.37 bits per heavy atom.